The highest BCUT2D eigenvalue weighted by molar-refractivity contribution is 4.91. The number of hydrogen-bond acceptors (Lipinski definition) is 5. The minimum absolute atomic E-state index is 0.181. The lowest BCUT2D eigenvalue weighted by Gasteiger charge is -2.33. The summed E-state index contributed by atoms with van der Waals surface area (Å²) in [5.41, 5.74) is 0. The number of likely N-dealkylation sites (tertiary alicyclic amines) is 1. The number of aryl methyl sites for hydroxylation is 1. The molecule has 1 aliphatic rings. The Balaban J connectivity index is 1.93. The third-order valence-corrected chi connectivity index (χ3v) is 3.36. The fourth-order valence-electron chi connectivity index (χ4n) is 2.16. The molecule has 2 heterocycles. The predicted molar refractivity (Wildman–Crippen MR) is 58.8 cm³/mol. The van der Waals surface area contributed by atoms with Crippen LogP contribution in [-0.2, 0) is 0 Å². The Bertz CT molecular complexity index is 332. The van der Waals surface area contributed by atoms with E-state index in [4.69, 9.17) is 9.63 Å². The number of aliphatic hydroxyl groups excluding tert-OH is 1. The van der Waals surface area contributed by atoms with E-state index in [1.807, 2.05) is 6.92 Å². The van der Waals surface area contributed by atoms with Gasteiger partial charge in [0.05, 0.1) is 6.04 Å². The van der Waals surface area contributed by atoms with Crippen LogP contribution in [0, 0.1) is 12.8 Å². The van der Waals surface area contributed by atoms with E-state index in [2.05, 4.69) is 22.0 Å². The molecule has 16 heavy (non-hydrogen) atoms. The standard InChI is InChI=1S/C11H19N3O2/c1-8(11-12-9(2)13-16-11)14-5-3-10(7-15)4-6-14/h8,10,15H,3-7H2,1-2H3/t8-/m1/s1. The lowest BCUT2D eigenvalue weighted by atomic mass is 9.97. The van der Waals surface area contributed by atoms with Crippen molar-refractivity contribution < 1.29 is 9.63 Å². The van der Waals surface area contributed by atoms with Gasteiger partial charge >= 0.3 is 0 Å². The molecule has 1 fully saturated rings. The first kappa shape index (κ1) is 11.5. The van der Waals surface area contributed by atoms with Gasteiger partial charge in [-0.1, -0.05) is 5.16 Å². The highest BCUT2D eigenvalue weighted by Crippen LogP contribution is 2.25. The van der Waals surface area contributed by atoms with E-state index in [9.17, 15) is 0 Å². The van der Waals surface area contributed by atoms with E-state index >= 15 is 0 Å². The van der Waals surface area contributed by atoms with E-state index < -0.39 is 0 Å². The number of nitrogens with zero attached hydrogens (tertiary/aromatic N) is 3. The molecule has 0 saturated carbocycles. The average molecular weight is 225 g/mol. The van der Waals surface area contributed by atoms with Gasteiger partial charge in [-0.3, -0.25) is 4.90 Å². The zero-order valence-electron chi connectivity index (χ0n) is 9.89. The third-order valence-electron chi connectivity index (χ3n) is 3.36. The highest BCUT2D eigenvalue weighted by atomic mass is 16.5. The second-order valence-corrected chi connectivity index (χ2v) is 4.52. The average Bonchev–Trinajstić information content (AvgIpc) is 2.75. The number of aliphatic hydroxyl groups is 1. The Morgan fingerprint density at radius 2 is 2.19 bits per heavy atom. The molecule has 0 aliphatic carbocycles. The minimum atomic E-state index is 0.181. The molecule has 1 aromatic rings. The van der Waals surface area contributed by atoms with Crippen molar-refractivity contribution in [1.82, 2.24) is 15.0 Å². The van der Waals surface area contributed by atoms with Crippen LogP contribution in [-0.4, -0.2) is 39.8 Å². The highest BCUT2D eigenvalue weighted by Gasteiger charge is 2.25. The van der Waals surface area contributed by atoms with Gasteiger partial charge in [-0.05, 0) is 45.7 Å². The van der Waals surface area contributed by atoms with Crippen LogP contribution in [0.25, 0.3) is 0 Å². The van der Waals surface area contributed by atoms with Gasteiger partial charge in [-0.2, -0.15) is 4.98 Å². The van der Waals surface area contributed by atoms with Crippen molar-refractivity contribution in [1.29, 1.82) is 0 Å². The molecule has 0 bridgehead atoms. The number of piperidine rings is 1. The molecule has 0 amide bonds. The third kappa shape index (κ3) is 2.41. The molecule has 0 radical (unpaired) electrons. The van der Waals surface area contributed by atoms with Crippen LogP contribution in [0.3, 0.4) is 0 Å². The summed E-state index contributed by atoms with van der Waals surface area (Å²) in [6, 6.07) is 0.181. The van der Waals surface area contributed by atoms with Crippen molar-refractivity contribution in [2.24, 2.45) is 5.92 Å². The molecule has 1 aliphatic heterocycles. The van der Waals surface area contributed by atoms with E-state index in [1.165, 1.54) is 0 Å². The molecule has 1 aromatic heterocycles. The summed E-state index contributed by atoms with van der Waals surface area (Å²) in [6.45, 7) is 6.22. The summed E-state index contributed by atoms with van der Waals surface area (Å²) >= 11 is 0. The summed E-state index contributed by atoms with van der Waals surface area (Å²) in [7, 11) is 0. The summed E-state index contributed by atoms with van der Waals surface area (Å²) < 4.78 is 5.18. The van der Waals surface area contributed by atoms with Crippen molar-refractivity contribution in [3.63, 3.8) is 0 Å². The number of aromatic nitrogens is 2. The molecule has 5 heteroatoms. The van der Waals surface area contributed by atoms with Crippen molar-refractivity contribution >= 4 is 0 Å². The summed E-state index contributed by atoms with van der Waals surface area (Å²) in [4.78, 5) is 6.59. The van der Waals surface area contributed by atoms with E-state index in [0.717, 1.165) is 25.9 Å². The number of hydrogen-bond donors (Lipinski definition) is 1. The SMILES string of the molecule is Cc1noc([C@@H](C)N2CCC(CO)CC2)n1. The van der Waals surface area contributed by atoms with Crippen LogP contribution in [0.15, 0.2) is 4.52 Å². The van der Waals surface area contributed by atoms with Gasteiger partial charge in [0.15, 0.2) is 5.82 Å². The molecule has 0 aromatic carbocycles. The van der Waals surface area contributed by atoms with Crippen LogP contribution < -0.4 is 0 Å². The molecule has 0 spiro atoms. The van der Waals surface area contributed by atoms with Crippen molar-refractivity contribution in [2.45, 2.75) is 32.7 Å². The smallest absolute Gasteiger partial charge is 0.243 e. The van der Waals surface area contributed by atoms with Crippen molar-refractivity contribution in [2.75, 3.05) is 19.7 Å². The van der Waals surface area contributed by atoms with Gasteiger partial charge in [0, 0.05) is 6.61 Å². The zero-order valence-corrected chi connectivity index (χ0v) is 9.89. The van der Waals surface area contributed by atoms with E-state index in [1.54, 1.807) is 0 Å². The second kappa shape index (κ2) is 4.93. The minimum Gasteiger partial charge on any atom is -0.396 e. The van der Waals surface area contributed by atoms with E-state index in [0.29, 0.717) is 24.2 Å². The first-order valence-corrected chi connectivity index (χ1v) is 5.86. The normalized spacial score (nSPS) is 21.2. The Hall–Kier alpha value is -0.940. The van der Waals surface area contributed by atoms with Crippen LogP contribution >= 0.6 is 0 Å². The van der Waals surface area contributed by atoms with Crippen LogP contribution in [0.1, 0.15) is 37.5 Å². The topological polar surface area (TPSA) is 62.4 Å². The first-order chi connectivity index (χ1) is 7.70. The Morgan fingerprint density at radius 1 is 1.50 bits per heavy atom. The van der Waals surface area contributed by atoms with Gasteiger partial charge in [0.2, 0.25) is 5.89 Å². The van der Waals surface area contributed by atoms with Gasteiger partial charge < -0.3 is 9.63 Å². The second-order valence-electron chi connectivity index (χ2n) is 4.52. The monoisotopic (exact) mass is 225 g/mol. The molecular formula is C11H19N3O2. The maximum absolute atomic E-state index is 9.08. The largest absolute Gasteiger partial charge is 0.396 e. The quantitative estimate of drug-likeness (QED) is 0.836. The van der Waals surface area contributed by atoms with Crippen molar-refractivity contribution in [3.8, 4) is 0 Å². The molecule has 2 rings (SSSR count). The van der Waals surface area contributed by atoms with E-state index in [-0.39, 0.29) is 6.04 Å². The summed E-state index contributed by atoms with van der Waals surface area (Å²) in [5, 5.41) is 12.9. The number of rotatable bonds is 3. The fraction of sp³-hybridized carbons (Fsp3) is 0.818. The predicted octanol–water partition coefficient (Wildman–Crippen LogP) is 1.14. The lowest BCUT2D eigenvalue weighted by Crippen LogP contribution is -2.36. The molecule has 5 nitrogen and oxygen atoms in total. The maximum atomic E-state index is 9.08. The van der Waals surface area contributed by atoms with Gasteiger partial charge in [-0.15, -0.1) is 0 Å². The van der Waals surface area contributed by atoms with Crippen LogP contribution in [0.2, 0.25) is 0 Å². The van der Waals surface area contributed by atoms with Gasteiger partial charge in [-0.25, -0.2) is 0 Å². The fourth-order valence-corrected chi connectivity index (χ4v) is 2.16. The van der Waals surface area contributed by atoms with Gasteiger partial charge in [0.1, 0.15) is 0 Å². The maximum Gasteiger partial charge on any atom is 0.243 e. The van der Waals surface area contributed by atoms with Crippen molar-refractivity contribution in [3.05, 3.63) is 11.7 Å². The first-order valence-electron chi connectivity index (χ1n) is 5.86. The van der Waals surface area contributed by atoms with Crippen LogP contribution in [0.5, 0.6) is 0 Å². The summed E-state index contributed by atoms with van der Waals surface area (Å²) in [6.07, 6.45) is 2.10. The molecular weight excluding hydrogens is 206 g/mol. The molecule has 0 unspecified atom stereocenters. The molecule has 1 N–H and O–H groups in total. The molecule has 90 valence electrons. The Morgan fingerprint density at radius 3 is 2.69 bits per heavy atom. The molecule has 1 saturated heterocycles. The summed E-state index contributed by atoms with van der Waals surface area (Å²) in [5.74, 6) is 1.85. The van der Waals surface area contributed by atoms with Crippen LogP contribution in [0.4, 0.5) is 0 Å². The van der Waals surface area contributed by atoms with Gasteiger partial charge in [0.25, 0.3) is 0 Å². The Kier molecular flexibility index (Phi) is 3.56. The Labute approximate surface area is 95.4 Å². The lowest BCUT2D eigenvalue weighted by molar-refractivity contribution is 0.0929. The molecule has 1 atom stereocenters. The zero-order chi connectivity index (χ0) is 11.5.